The van der Waals surface area contributed by atoms with Crippen molar-refractivity contribution in [2.45, 2.75) is 25.7 Å². The zero-order valence-corrected chi connectivity index (χ0v) is 10.9. The average molecular weight is 254 g/mol. The predicted molar refractivity (Wildman–Crippen MR) is 72.3 cm³/mol. The Balaban J connectivity index is 1.89. The van der Waals surface area contributed by atoms with Crippen molar-refractivity contribution >= 4 is 11.3 Å². The second-order valence-electron chi connectivity index (χ2n) is 4.99. The molecule has 0 saturated carbocycles. The summed E-state index contributed by atoms with van der Waals surface area (Å²) in [5.41, 5.74) is 5.38. The Morgan fingerprint density at radius 3 is 2.89 bits per heavy atom. The van der Waals surface area contributed by atoms with Crippen LogP contribution in [0.5, 0.6) is 0 Å². The normalized spacial score (nSPS) is 22.2. The first-order valence-corrected chi connectivity index (χ1v) is 7.11. The number of hydrogen-bond acceptors (Lipinski definition) is 3. The Kier molecular flexibility index (Phi) is 2.89. The summed E-state index contributed by atoms with van der Waals surface area (Å²) in [5.74, 6) is 0. The van der Waals surface area contributed by atoms with Gasteiger partial charge in [-0.2, -0.15) is 5.26 Å². The third kappa shape index (κ3) is 2.04. The minimum absolute atomic E-state index is 0.261. The molecule has 0 spiro atoms. The van der Waals surface area contributed by atoms with Crippen molar-refractivity contribution in [3.63, 3.8) is 0 Å². The molecule has 90 valence electrons. The van der Waals surface area contributed by atoms with Crippen LogP contribution in [0.2, 0.25) is 0 Å². The molecule has 0 aliphatic heterocycles. The van der Waals surface area contributed by atoms with Gasteiger partial charge in [-0.15, -0.1) is 11.3 Å². The lowest BCUT2D eigenvalue weighted by Crippen LogP contribution is -2.29. The second-order valence-corrected chi connectivity index (χ2v) is 5.71. The van der Waals surface area contributed by atoms with Crippen molar-refractivity contribution in [1.82, 2.24) is 4.98 Å². The monoisotopic (exact) mass is 254 g/mol. The molecule has 0 saturated heterocycles. The topological polar surface area (TPSA) is 36.7 Å². The number of aryl methyl sites for hydroxylation is 1. The number of nitrogens with zero attached hydrogens (tertiary/aromatic N) is 2. The smallest absolute Gasteiger partial charge is 0.0794 e. The number of benzene rings is 1. The van der Waals surface area contributed by atoms with E-state index in [2.05, 4.69) is 40.7 Å². The fraction of sp³-hybridized carbons (Fsp3) is 0.333. The lowest BCUT2D eigenvalue weighted by Gasteiger charge is -2.31. The van der Waals surface area contributed by atoms with Gasteiger partial charge in [0.2, 0.25) is 0 Å². The van der Waals surface area contributed by atoms with Gasteiger partial charge in [0.15, 0.2) is 0 Å². The summed E-state index contributed by atoms with van der Waals surface area (Å²) in [6, 6.07) is 11.0. The molecule has 2 aromatic rings. The van der Waals surface area contributed by atoms with Crippen molar-refractivity contribution in [3.8, 4) is 6.07 Å². The maximum Gasteiger partial charge on any atom is 0.0794 e. The lowest BCUT2D eigenvalue weighted by atomic mass is 9.70. The molecule has 0 radical (unpaired) electrons. The predicted octanol–water partition coefficient (Wildman–Crippen LogP) is 3.38. The molecule has 0 N–H and O–H groups in total. The highest BCUT2D eigenvalue weighted by Crippen LogP contribution is 2.37. The molecule has 1 unspecified atom stereocenters. The van der Waals surface area contributed by atoms with E-state index < -0.39 is 0 Å². The number of aromatic nitrogens is 1. The highest BCUT2D eigenvalue weighted by Gasteiger charge is 2.35. The first-order valence-electron chi connectivity index (χ1n) is 6.16. The number of thiazole rings is 1. The zero-order valence-electron chi connectivity index (χ0n) is 10.1. The number of rotatable bonds is 2. The molecule has 1 aliphatic rings. The van der Waals surface area contributed by atoms with Gasteiger partial charge in [0, 0.05) is 11.8 Å². The van der Waals surface area contributed by atoms with Crippen LogP contribution in [-0.2, 0) is 19.3 Å². The van der Waals surface area contributed by atoms with E-state index in [1.54, 1.807) is 11.3 Å². The maximum absolute atomic E-state index is 9.59. The number of nitriles is 1. The standard InChI is InChI=1S/C15H14N2S/c16-10-15(8-14-9-18-11-17-14)6-5-12-3-1-2-4-13(12)7-15/h1-4,9,11H,5-8H2. The van der Waals surface area contributed by atoms with Crippen molar-refractivity contribution in [1.29, 1.82) is 5.26 Å². The Bertz CT molecular complexity index is 583. The quantitative estimate of drug-likeness (QED) is 0.823. The Morgan fingerprint density at radius 1 is 1.33 bits per heavy atom. The number of hydrogen-bond donors (Lipinski definition) is 0. The van der Waals surface area contributed by atoms with Gasteiger partial charge in [-0.3, -0.25) is 0 Å². The third-order valence-corrected chi connectivity index (χ3v) is 4.40. The van der Waals surface area contributed by atoms with Crippen LogP contribution in [-0.4, -0.2) is 4.98 Å². The summed E-state index contributed by atoms with van der Waals surface area (Å²) in [6.07, 6.45) is 3.59. The summed E-state index contributed by atoms with van der Waals surface area (Å²) in [5, 5.41) is 11.6. The van der Waals surface area contributed by atoms with Crippen LogP contribution in [0, 0.1) is 16.7 Å². The minimum Gasteiger partial charge on any atom is -0.250 e. The van der Waals surface area contributed by atoms with E-state index in [0.717, 1.165) is 31.4 Å². The van der Waals surface area contributed by atoms with Gasteiger partial charge in [-0.05, 0) is 30.4 Å². The zero-order chi connectivity index (χ0) is 12.4. The minimum atomic E-state index is -0.261. The molecule has 1 aromatic carbocycles. The van der Waals surface area contributed by atoms with Crippen molar-refractivity contribution in [3.05, 3.63) is 52.0 Å². The first-order chi connectivity index (χ1) is 8.81. The molecule has 1 atom stereocenters. The summed E-state index contributed by atoms with van der Waals surface area (Å²) >= 11 is 1.60. The van der Waals surface area contributed by atoms with E-state index in [1.165, 1.54) is 11.1 Å². The third-order valence-electron chi connectivity index (χ3n) is 3.76. The van der Waals surface area contributed by atoms with Gasteiger partial charge >= 0.3 is 0 Å². The summed E-state index contributed by atoms with van der Waals surface area (Å²) in [7, 11) is 0. The van der Waals surface area contributed by atoms with E-state index in [4.69, 9.17) is 0 Å². The molecule has 0 fully saturated rings. The fourth-order valence-corrected chi connectivity index (χ4v) is 3.32. The van der Waals surface area contributed by atoms with Gasteiger partial charge in [0.05, 0.1) is 22.7 Å². The van der Waals surface area contributed by atoms with Gasteiger partial charge in [0.25, 0.3) is 0 Å². The molecule has 2 nitrogen and oxygen atoms in total. The van der Waals surface area contributed by atoms with Crippen LogP contribution in [0.3, 0.4) is 0 Å². The highest BCUT2D eigenvalue weighted by atomic mass is 32.1. The van der Waals surface area contributed by atoms with E-state index in [-0.39, 0.29) is 5.41 Å². The average Bonchev–Trinajstić information content (AvgIpc) is 2.91. The molecule has 18 heavy (non-hydrogen) atoms. The maximum atomic E-state index is 9.59. The van der Waals surface area contributed by atoms with Gasteiger partial charge in [0.1, 0.15) is 0 Å². The largest absolute Gasteiger partial charge is 0.250 e. The molecule has 3 rings (SSSR count). The van der Waals surface area contributed by atoms with Crippen molar-refractivity contribution in [2.75, 3.05) is 0 Å². The fourth-order valence-electron chi connectivity index (χ4n) is 2.76. The van der Waals surface area contributed by atoms with Crippen LogP contribution in [0.4, 0.5) is 0 Å². The second kappa shape index (κ2) is 4.55. The molecule has 1 aliphatic carbocycles. The van der Waals surface area contributed by atoms with E-state index in [9.17, 15) is 5.26 Å². The Hall–Kier alpha value is -1.66. The number of fused-ring (bicyclic) bond motifs is 1. The van der Waals surface area contributed by atoms with Crippen LogP contribution >= 0.6 is 11.3 Å². The van der Waals surface area contributed by atoms with Crippen molar-refractivity contribution in [2.24, 2.45) is 5.41 Å². The van der Waals surface area contributed by atoms with Gasteiger partial charge in [-0.25, -0.2) is 4.98 Å². The summed E-state index contributed by atoms with van der Waals surface area (Å²) < 4.78 is 0. The van der Waals surface area contributed by atoms with Crippen LogP contribution < -0.4 is 0 Å². The Morgan fingerprint density at radius 2 is 2.17 bits per heavy atom. The first kappa shape index (κ1) is 11.4. The summed E-state index contributed by atoms with van der Waals surface area (Å²) in [4.78, 5) is 4.33. The van der Waals surface area contributed by atoms with E-state index >= 15 is 0 Å². The van der Waals surface area contributed by atoms with E-state index in [1.807, 2.05) is 5.51 Å². The molecule has 0 bridgehead atoms. The van der Waals surface area contributed by atoms with Crippen LogP contribution in [0.15, 0.2) is 35.2 Å². The van der Waals surface area contributed by atoms with Gasteiger partial charge in [-0.1, -0.05) is 24.3 Å². The molecule has 0 amide bonds. The van der Waals surface area contributed by atoms with Crippen LogP contribution in [0.25, 0.3) is 0 Å². The van der Waals surface area contributed by atoms with E-state index in [0.29, 0.717) is 0 Å². The Labute approximate surface area is 111 Å². The summed E-state index contributed by atoms with van der Waals surface area (Å²) in [6.45, 7) is 0. The van der Waals surface area contributed by atoms with Crippen LogP contribution in [0.1, 0.15) is 23.2 Å². The van der Waals surface area contributed by atoms with Gasteiger partial charge < -0.3 is 0 Å². The molecule has 1 aromatic heterocycles. The molecule has 3 heteroatoms. The SMILES string of the molecule is N#CC1(Cc2cscn2)CCc2ccccc2C1. The molecule has 1 heterocycles. The highest BCUT2D eigenvalue weighted by molar-refractivity contribution is 7.07. The van der Waals surface area contributed by atoms with Crippen molar-refractivity contribution < 1.29 is 0 Å². The molecular weight excluding hydrogens is 240 g/mol. The lowest BCUT2D eigenvalue weighted by molar-refractivity contribution is 0.337. The molecular formula is C15H14N2S.